The Hall–Kier alpha value is -1.94. The Morgan fingerprint density at radius 3 is 2.41 bits per heavy atom. The lowest BCUT2D eigenvalue weighted by Crippen LogP contribution is -2.31. The zero-order valence-electron chi connectivity index (χ0n) is 14.1. The topological polar surface area (TPSA) is 60.9 Å². The Morgan fingerprint density at radius 1 is 1.18 bits per heavy atom. The first-order chi connectivity index (χ1) is 10.3. The summed E-state index contributed by atoms with van der Waals surface area (Å²) in [5.41, 5.74) is 11.2. The molecule has 0 spiro atoms. The van der Waals surface area contributed by atoms with Gasteiger partial charge >= 0.3 is 0 Å². The molecule has 2 rings (SSSR count). The third kappa shape index (κ3) is 3.12. The van der Waals surface area contributed by atoms with E-state index in [1.165, 1.54) is 15.8 Å². The van der Waals surface area contributed by atoms with Crippen molar-refractivity contribution >= 4 is 0 Å². The van der Waals surface area contributed by atoms with Crippen molar-refractivity contribution in [3.8, 4) is 0 Å². The van der Waals surface area contributed by atoms with E-state index in [9.17, 15) is 4.79 Å². The number of hydrogen-bond acceptors (Lipinski definition) is 3. The normalized spacial score (nSPS) is 12.7. The Morgan fingerprint density at radius 2 is 1.86 bits per heavy atom. The fraction of sp³-hybridized carbons (Fsp3) is 0.444. The molecule has 2 aromatic rings. The first-order valence-corrected chi connectivity index (χ1v) is 7.79. The van der Waals surface area contributed by atoms with Crippen molar-refractivity contribution in [2.45, 2.75) is 53.1 Å². The minimum absolute atomic E-state index is 0.0994. The van der Waals surface area contributed by atoms with Crippen LogP contribution in [0.3, 0.4) is 0 Å². The van der Waals surface area contributed by atoms with E-state index in [1.807, 2.05) is 25.1 Å². The van der Waals surface area contributed by atoms with Crippen molar-refractivity contribution < 1.29 is 0 Å². The summed E-state index contributed by atoms with van der Waals surface area (Å²) < 4.78 is 1.51. The van der Waals surface area contributed by atoms with Crippen LogP contribution in [-0.2, 0) is 6.54 Å². The molecule has 0 aliphatic carbocycles. The molecule has 0 aliphatic rings. The number of aryl methyl sites for hydroxylation is 3. The molecule has 0 amide bonds. The number of benzene rings is 1. The van der Waals surface area contributed by atoms with Gasteiger partial charge in [-0.2, -0.15) is 5.10 Å². The van der Waals surface area contributed by atoms with E-state index in [4.69, 9.17) is 5.73 Å². The van der Waals surface area contributed by atoms with Crippen LogP contribution in [-0.4, -0.2) is 9.78 Å². The summed E-state index contributed by atoms with van der Waals surface area (Å²) in [4.78, 5) is 12.6. The molecule has 1 heterocycles. The highest BCUT2D eigenvalue weighted by Gasteiger charge is 2.18. The Balaban J connectivity index is 2.56. The zero-order valence-corrected chi connectivity index (χ0v) is 14.1. The highest BCUT2D eigenvalue weighted by molar-refractivity contribution is 5.36. The number of hydrogen-bond donors (Lipinski definition) is 1. The molecule has 0 fully saturated rings. The maximum Gasteiger partial charge on any atom is 0.271 e. The molecule has 2 N–H and O–H groups in total. The summed E-state index contributed by atoms with van der Waals surface area (Å²) in [5.74, 6) is 0.254. The molecule has 1 aromatic carbocycles. The summed E-state index contributed by atoms with van der Waals surface area (Å²) in [6.45, 7) is 10.7. The molecule has 4 nitrogen and oxygen atoms in total. The predicted molar refractivity (Wildman–Crippen MR) is 90.2 cm³/mol. The molecule has 1 atom stereocenters. The van der Waals surface area contributed by atoms with E-state index in [0.717, 1.165) is 11.3 Å². The molecular formula is C18H25N3O. The van der Waals surface area contributed by atoms with Crippen LogP contribution in [0.4, 0.5) is 0 Å². The maximum atomic E-state index is 12.6. The third-order valence-corrected chi connectivity index (χ3v) is 4.14. The number of nitrogens with zero attached hydrogens (tertiary/aromatic N) is 2. The highest BCUT2D eigenvalue weighted by Crippen LogP contribution is 2.21. The van der Waals surface area contributed by atoms with Crippen LogP contribution in [0.2, 0.25) is 0 Å². The lowest BCUT2D eigenvalue weighted by atomic mass is 9.96. The quantitative estimate of drug-likeness (QED) is 0.944. The standard InChI is InChI=1S/C18H25N3O/c1-6-21-18(22)15(10-16(20-21)11(2)3)17(19)14-8-7-12(4)13(5)9-14/h7-11,17H,6,19H2,1-5H3. The van der Waals surface area contributed by atoms with E-state index in [2.05, 4.69) is 38.9 Å². The molecule has 0 aliphatic heterocycles. The van der Waals surface area contributed by atoms with Gasteiger partial charge in [0.1, 0.15) is 0 Å². The SMILES string of the molecule is CCn1nc(C(C)C)cc(C(N)c2ccc(C)c(C)c2)c1=O. The van der Waals surface area contributed by atoms with Crippen LogP contribution >= 0.6 is 0 Å². The monoisotopic (exact) mass is 299 g/mol. The van der Waals surface area contributed by atoms with Crippen LogP contribution in [0.5, 0.6) is 0 Å². The van der Waals surface area contributed by atoms with Crippen LogP contribution in [0, 0.1) is 13.8 Å². The highest BCUT2D eigenvalue weighted by atomic mass is 16.1. The largest absolute Gasteiger partial charge is 0.320 e. The Kier molecular flexibility index (Phi) is 4.81. The average molecular weight is 299 g/mol. The summed E-state index contributed by atoms with van der Waals surface area (Å²) in [5, 5.41) is 4.41. The summed E-state index contributed by atoms with van der Waals surface area (Å²) >= 11 is 0. The third-order valence-electron chi connectivity index (χ3n) is 4.14. The number of rotatable bonds is 4. The summed E-state index contributed by atoms with van der Waals surface area (Å²) in [6.07, 6.45) is 0. The van der Waals surface area contributed by atoms with Crippen molar-refractivity contribution in [2.24, 2.45) is 5.73 Å². The fourth-order valence-electron chi connectivity index (χ4n) is 2.44. The molecule has 1 unspecified atom stereocenters. The van der Waals surface area contributed by atoms with Crippen LogP contribution in [0.1, 0.15) is 60.7 Å². The molecule has 118 valence electrons. The van der Waals surface area contributed by atoms with E-state index >= 15 is 0 Å². The minimum Gasteiger partial charge on any atom is -0.320 e. The van der Waals surface area contributed by atoms with Crippen LogP contribution < -0.4 is 11.3 Å². The second-order valence-electron chi connectivity index (χ2n) is 6.12. The first kappa shape index (κ1) is 16.4. The molecular weight excluding hydrogens is 274 g/mol. The zero-order chi connectivity index (χ0) is 16.4. The van der Waals surface area contributed by atoms with Crippen LogP contribution in [0.15, 0.2) is 29.1 Å². The van der Waals surface area contributed by atoms with Gasteiger partial charge in [0.05, 0.1) is 11.7 Å². The maximum absolute atomic E-state index is 12.6. The summed E-state index contributed by atoms with van der Waals surface area (Å²) in [6, 6.07) is 7.54. The van der Waals surface area contributed by atoms with Gasteiger partial charge in [-0.15, -0.1) is 0 Å². The van der Waals surface area contributed by atoms with Crippen molar-refractivity contribution in [3.63, 3.8) is 0 Å². The molecule has 4 heteroatoms. The number of nitrogens with two attached hydrogens (primary N) is 1. The number of aromatic nitrogens is 2. The van der Waals surface area contributed by atoms with Crippen molar-refractivity contribution in [1.29, 1.82) is 0 Å². The van der Waals surface area contributed by atoms with Gasteiger partial charge in [0.25, 0.3) is 5.56 Å². The molecule has 1 aromatic heterocycles. The summed E-state index contributed by atoms with van der Waals surface area (Å²) in [7, 11) is 0. The average Bonchev–Trinajstić information content (AvgIpc) is 2.49. The van der Waals surface area contributed by atoms with Gasteiger partial charge in [-0.3, -0.25) is 4.79 Å². The van der Waals surface area contributed by atoms with E-state index in [0.29, 0.717) is 12.1 Å². The lowest BCUT2D eigenvalue weighted by Gasteiger charge is -2.17. The first-order valence-electron chi connectivity index (χ1n) is 7.79. The Bertz CT molecular complexity index is 732. The van der Waals surface area contributed by atoms with E-state index in [-0.39, 0.29) is 11.5 Å². The second-order valence-corrected chi connectivity index (χ2v) is 6.12. The molecule has 0 saturated carbocycles. The van der Waals surface area contributed by atoms with Gasteiger partial charge in [0.15, 0.2) is 0 Å². The predicted octanol–water partition coefficient (Wildman–Crippen LogP) is 3.05. The minimum atomic E-state index is -0.426. The van der Waals surface area contributed by atoms with E-state index < -0.39 is 6.04 Å². The lowest BCUT2D eigenvalue weighted by molar-refractivity contribution is 0.572. The van der Waals surface area contributed by atoms with Gasteiger partial charge in [-0.05, 0) is 49.4 Å². The van der Waals surface area contributed by atoms with Crippen LogP contribution in [0.25, 0.3) is 0 Å². The molecule has 0 bridgehead atoms. The second kappa shape index (κ2) is 6.44. The van der Waals surface area contributed by atoms with Gasteiger partial charge < -0.3 is 5.73 Å². The van der Waals surface area contributed by atoms with Crippen molar-refractivity contribution in [2.75, 3.05) is 0 Å². The molecule has 0 saturated heterocycles. The van der Waals surface area contributed by atoms with Crippen molar-refractivity contribution in [1.82, 2.24) is 9.78 Å². The van der Waals surface area contributed by atoms with Gasteiger partial charge in [0, 0.05) is 12.1 Å². The smallest absolute Gasteiger partial charge is 0.271 e. The van der Waals surface area contributed by atoms with E-state index in [1.54, 1.807) is 0 Å². The van der Waals surface area contributed by atoms with Crippen molar-refractivity contribution in [3.05, 3.63) is 62.6 Å². The van der Waals surface area contributed by atoms with Gasteiger partial charge in [0.2, 0.25) is 0 Å². The molecule has 0 radical (unpaired) electrons. The van der Waals surface area contributed by atoms with Gasteiger partial charge in [-0.25, -0.2) is 4.68 Å². The fourth-order valence-corrected chi connectivity index (χ4v) is 2.44. The molecule has 22 heavy (non-hydrogen) atoms. The Labute approximate surface area is 132 Å². The van der Waals surface area contributed by atoms with Gasteiger partial charge in [-0.1, -0.05) is 32.0 Å².